The molecule has 0 spiro atoms. The summed E-state index contributed by atoms with van der Waals surface area (Å²) in [5, 5.41) is 10.6. The highest BCUT2D eigenvalue weighted by Gasteiger charge is 2.24. The third kappa shape index (κ3) is 4.13. The first-order valence-corrected chi connectivity index (χ1v) is 9.72. The molecule has 0 amide bonds. The molecule has 6 nitrogen and oxygen atoms in total. The number of nitrogens with zero attached hydrogens (tertiary/aromatic N) is 2. The number of imidazole rings is 1. The molecule has 1 aromatic heterocycles. The predicted octanol–water partition coefficient (Wildman–Crippen LogP) is 3.38. The van der Waals surface area contributed by atoms with Gasteiger partial charge in [0.1, 0.15) is 30.0 Å². The van der Waals surface area contributed by atoms with E-state index in [1.54, 1.807) is 7.11 Å². The average molecular weight is 382 g/mol. The maximum atomic E-state index is 10.6. The number of hydrogen-bond donors (Lipinski definition) is 1. The molecule has 1 aliphatic heterocycles. The molecule has 4 rings (SSSR count). The minimum absolute atomic E-state index is 0.214. The number of fused-ring (bicyclic) bond motifs is 1. The first-order valence-electron chi connectivity index (χ1n) is 9.72. The van der Waals surface area contributed by atoms with E-state index in [9.17, 15) is 5.11 Å². The highest BCUT2D eigenvalue weighted by Crippen LogP contribution is 2.29. The van der Waals surface area contributed by atoms with Crippen LogP contribution in [0.3, 0.4) is 0 Å². The topological polar surface area (TPSA) is 65.7 Å². The van der Waals surface area contributed by atoms with Crippen molar-refractivity contribution in [2.75, 3.05) is 26.9 Å². The van der Waals surface area contributed by atoms with Gasteiger partial charge in [0.2, 0.25) is 0 Å². The van der Waals surface area contributed by atoms with Crippen molar-refractivity contribution in [3.8, 4) is 11.5 Å². The molecule has 0 radical (unpaired) electrons. The molecule has 3 aromatic rings. The Morgan fingerprint density at radius 3 is 2.57 bits per heavy atom. The fraction of sp³-hybridized carbons (Fsp3) is 0.409. The lowest BCUT2D eigenvalue weighted by Crippen LogP contribution is -2.26. The molecular formula is C22H26N2O4. The number of methoxy groups -OCH3 is 1. The lowest BCUT2D eigenvalue weighted by molar-refractivity contribution is 0.0780. The zero-order chi connectivity index (χ0) is 19.3. The average Bonchev–Trinajstić information content (AvgIpc) is 3.12. The van der Waals surface area contributed by atoms with Gasteiger partial charge in [0.15, 0.2) is 0 Å². The summed E-state index contributed by atoms with van der Waals surface area (Å²) >= 11 is 0. The number of para-hydroxylation sites is 2. The van der Waals surface area contributed by atoms with Gasteiger partial charge in [0.25, 0.3) is 0 Å². The lowest BCUT2D eigenvalue weighted by atomic mass is 9.99. The molecule has 28 heavy (non-hydrogen) atoms. The third-order valence-corrected chi connectivity index (χ3v) is 5.17. The van der Waals surface area contributed by atoms with Crippen LogP contribution >= 0.6 is 0 Å². The van der Waals surface area contributed by atoms with E-state index in [-0.39, 0.29) is 6.61 Å². The highest BCUT2D eigenvalue weighted by atomic mass is 16.5. The molecule has 0 saturated carbocycles. The second kappa shape index (κ2) is 8.63. The van der Waals surface area contributed by atoms with Crippen LogP contribution in [0.2, 0.25) is 0 Å². The van der Waals surface area contributed by atoms with Gasteiger partial charge in [-0.15, -0.1) is 0 Å². The van der Waals surface area contributed by atoms with Crippen LogP contribution in [-0.2, 0) is 11.3 Å². The van der Waals surface area contributed by atoms with E-state index in [1.807, 2.05) is 42.5 Å². The van der Waals surface area contributed by atoms with Crippen LogP contribution in [0.25, 0.3) is 11.0 Å². The van der Waals surface area contributed by atoms with Crippen LogP contribution in [0.1, 0.15) is 24.6 Å². The molecule has 1 aliphatic rings. The minimum Gasteiger partial charge on any atom is -0.497 e. The van der Waals surface area contributed by atoms with Crippen molar-refractivity contribution in [2.24, 2.45) is 0 Å². The maximum absolute atomic E-state index is 10.6. The Kier molecular flexibility index (Phi) is 5.78. The summed E-state index contributed by atoms with van der Waals surface area (Å²) in [4.78, 5) is 4.87. The van der Waals surface area contributed by atoms with Crippen LogP contribution in [0.4, 0.5) is 0 Å². The molecule has 0 bridgehead atoms. The Bertz CT molecular complexity index is 901. The van der Waals surface area contributed by atoms with Crippen molar-refractivity contribution in [3.05, 3.63) is 54.4 Å². The Balaban J connectivity index is 1.49. The fourth-order valence-corrected chi connectivity index (χ4v) is 3.68. The van der Waals surface area contributed by atoms with Crippen molar-refractivity contribution in [2.45, 2.75) is 31.4 Å². The van der Waals surface area contributed by atoms with Gasteiger partial charge in [-0.05, 0) is 49.2 Å². The Labute approximate surface area is 164 Å². The summed E-state index contributed by atoms with van der Waals surface area (Å²) in [6.45, 7) is 2.18. The van der Waals surface area contributed by atoms with Crippen molar-refractivity contribution >= 4 is 11.0 Å². The Hall–Kier alpha value is -2.57. The van der Waals surface area contributed by atoms with Crippen LogP contribution in [0.15, 0.2) is 48.5 Å². The van der Waals surface area contributed by atoms with Crippen molar-refractivity contribution in [1.82, 2.24) is 9.55 Å². The van der Waals surface area contributed by atoms with Crippen LogP contribution in [0.5, 0.6) is 11.5 Å². The van der Waals surface area contributed by atoms with Crippen molar-refractivity contribution in [1.29, 1.82) is 0 Å². The van der Waals surface area contributed by atoms with Gasteiger partial charge in [0, 0.05) is 19.1 Å². The first kappa shape index (κ1) is 18.8. The van der Waals surface area contributed by atoms with Crippen LogP contribution < -0.4 is 9.47 Å². The number of ether oxygens (including phenoxy) is 3. The van der Waals surface area contributed by atoms with Gasteiger partial charge in [-0.3, -0.25) is 0 Å². The zero-order valence-corrected chi connectivity index (χ0v) is 16.1. The van der Waals surface area contributed by atoms with Crippen molar-refractivity contribution < 1.29 is 19.3 Å². The summed E-state index contributed by atoms with van der Waals surface area (Å²) < 4.78 is 18.6. The standard InChI is InChI=1S/C22H26N2O4/c1-26-18-6-8-19(9-7-18)28-15-17(25)14-24-21-5-3-2-4-20(21)23-22(24)16-10-12-27-13-11-16/h2-9,16-17,25H,10-15H2,1H3. The van der Waals surface area contributed by atoms with Gasteiger partial charge in [-0.1, -0.05) is 12.1 Å². The molecule has 6 heteroatoms. The molecule has 148 valence electrons. The molecule has 1 fully saturated rings. The Morgan fingerprint density at radius 2 is 1.82 bits per heavy atom. The van der Waals surface area contributed by atoms with Gasteiger partial charge in [-0.25, -0.2) is 4.98 Å². The Morgan fingerprint density at radius 1 is 1.11 bits per heavy atom. The molecule has 1 atom stereocenters. The number of aliphatic hydroxyl groups is 1. The van der Waals surface area contributed by atoms with Gasteiger partial charge < -0.3 is 23.9 Å². The third-order valence-electron chi connectivity index (χ3n) is 5.17. The maximum Gasteiger partial charge on any atom is 0.119 e. The number of rotatable bonds is 7. The molecule has 1 saturated heterocycles. The molecule has 0 aliphatic carbocycles. The summed E-state index contributed by atoms with van der Waals surface area (Å²) in [6, 6.07) is 15.4. The fourth-order valence-electron chi connectivity index (χ4n) is 3.68. The number of aliphatic hydroxyl groups excluding tert-OH is 1. The highest BCUT2D eigenvalue weighted by molar-refractivity contribution is 5.76. The minimum atomic E-state index is -0.640. The number of hydrogen-bond acceptors (Lipinski definition) is 5. The van der Waals surface area contributed by atoms with Crippen LogP contribution in [-0.4, -0.2) is 47.7 Å². The SMILES string of the molecule is COc1ccc(OCC(O)Cn2c(C3CCOCC3)nc3ccccc32)cc1. The molecular weight excluding hydrogens is 356 g/mol. The lowest BCUT2D eigenvalue weighted by Gasteiger charge is -2.23. The monoisotopic (exact) mass is 382 g/mol. The van der Waals surface area contributed by atoms with E-state index < -0.39 is 6.10 Å². The summed E-state index contributed by atoms with van der Waals surface area (Å²) in [6.07, 6.45) is 1.28. The molecule has 1 N–H and O–H groups in total. The van der Waals surface area contributed by atoms with E-state index in [4.69, 9.17) is 19.2 Å². The normalized spacial score (nSPS) is 16.2. The quantitative estimate of drug-likeness (QED) is 0.679. The molecule has 1 unspecified atom stereocenters. The number of benzene rings is 2. The van der Waals surface area contributed by atoms with Crippen LogP contribution in [0, 0.1) is 0 Å². The molecule has 2 aromatic carbocycles. The second-order valence-corrected chi connectivity index (χ2v) is 7.10. The smallest absolute Gasteiger partial charge is 0.119 e. The second-order valence-electron chi connectivity index (χ2n) is 7.10. The summed E-state index contributed by atoms with van der Waals surface area (Å²) in [5.74, 6) is 2.88. The van der Waals surface area contributed by atoms with E-state index in [0.717, 1.165) is 48.7 Å². The summed E-state index contributed by atoms with van der Waals surface area (Å²) in [5.41, 5.74) is 2.01. The van der Waals surface area contributed by atoms with Gasteiger partial charge in [-0.2, -0.15) is 0 Å². The molecule has 2 heterocycles. The number of aromatic nitrogens is 2. The van der Waals surface area contributed by atoms with E-state index in [2.05, 4.69) is 10.6 Å². The predicted molar refractivity (Wildman–Crippen MR) is 107 cm³/mol. The van der Waals surface area contributed by atoms with E-state index in [1.165, 1.54) is 0 Å². The van der Waals surface area contributed by atoms with E-state index in [0.29, 0.717) is 18.2 Å². The largest absolute Gasteiger partial charge is 0.497 e. The van der Waals surface area contributed by atoms with E-state index >= 15 is 0 Å². The zero-order valence-electron chi connectivity index (χ0n) is 16.1. The first-order chi connectivity index (χ1) is 13.7. The summed E-state index contributed by atoms with van der Waals surface area (Å²) in [7, 11) is 1.63. The van der Waals surface area contributed by atoms with Gasteiger partial charge >= 0.3 is 0 Å². The van der Waals surface area contributed by atoms with Gasteiger partial charge in [0.05, 0.1) is 24.7 Å². The van der Waals surface area contributed by atoms with Crippen molar-refractivity contribution in [3.63, 3.8) is 0 Å².